The second-order valence-corrected chi connectivity index (χ2v) is 6.55. The van der Waals surface area contributed by atoms with Gasteiger partial charge in [-0.3, -0.25) is 0 Å². The average molecular weight is 296 g/mol. The van der Waals surface area contributed by atoms with Crippen molar-refractivity contribution in [1.29, 1.82) is 0 Å². The molecule has 5 heteroatoms. The standard InChI is InChI=1S/C15H24N2O2S/c1-5-20-7-6-11(4)16-14-9-12(15(18)19)8-13(17-14)10(2)3/h8-11H,5-7H2,1-4H3,(H,16,17)(H,18,19). The molecule has 0 radical (unpaired) electrons. The molecule has 1 atom stereocenters. The van der Waals surface area contributed by atoms with Gasteiger partial charge in [0.2, 0.25) is 0 Å². The molecular formula is C15H24N2O2S. The van der Waals surface area contributed by atoms with Gasteiger partial charge < -0.3 is 10.4 Å². The Morgan fingerprint density at radius 2 is 2.10 bits per heavy atom. The summed E-state index contributed by atoms with van der Waals surface area (Å²) in [6.45, 7) is 8.27. The lowest BCUT2D eigenvalue weighted by atomic mass is 10.1. The monoisotopic (exact) mass is 296 g/mol. The normalized spacial score (nSPS) is 12.4. The van der Waals surface area contributed by atoms with Gasteiger partial charge in [0.15, 0.2) is 0 Å². The topological polar surface area (TPSA) is 62.2 Å². The van der Waals surface area contributed by atoms with Crippen LogP contribution in [-0.2, 0) is 0 Å². The molecule has 0 saturated carbocycles. The van der Waals surface area contributed by atoms with E-state index in [1.54, 1.807) is 12.1 Å². The third-order valence-electron chi connectivity index (χ3n) is 2.98. The van der Waals surface area contributed by atoms with E-state index < -0.39 is 5.97 Å². The van der Waals surface area contributed by atoms with Crippen molar-refractivity contribution in [1.82, 2.24) is 4.98 Å². The van der Waals surface area contributed by atoms with Gasteiger partial charge in [-0.15, -0.1) is 0 Å². The maximum atomic E-state index is 11.2. The number of hydrogen-bond donors (Lipinski definition) is 2. The number of carboxylic acid groups (broad SMARTS) is 1. The lowest BCUT2D eigenvalue weighted by Crippen LogP contribution is -2.18. The highest BCUT2D eigenvalue weighted by Crippen LogP contribution is 2.19. The Balaban J connectivity index is 2.80. The number of carbonyl (C=O) groups is 1. The number of nitrogens with one attached hydrogen (secondary N) is 1. The summed E-state index contributed by atoms with van der Waals surface area (Å²) in [4.78, 5) is 15.7. The second-order valence-electron chi connectivity index (χ2n) is 5.16. The first-order valence-corrected chi connectivity index (χ1v) is 8.19. The molecule has 0 aromatic carbocycles. The summed E-state index contributed by atoms with van der Waals surface area (Å²) >= 11 is 1.91. The van der Waals surface area contributed by atoms with Gasteiger partial charge in [-0.25, -0.2) is 9.78 Å². The Kier molecular flexibility index (Phi) is 6.85. The number of hydrogen-bond acceptors (Lipinski definition) is 4. The van der Waals surface area contributed by atoms with Gasteiger partial charge in [0.1, 0.15) is 5.82 Å². The van der Waals surface area contributed by atoms with Crippen LogP contribution >= 0.6 is 11.8 Å². The van der Waals surface area contributed by atoms with Gasteiger partial charge in [0.25, 0.3) is 0 Å². The quantitative estimate of drug-likeness (QED) is 0.714. The number of rotatable bonds is 8. The molecule has 1 rings (SSSR count). The van der Waals surface area contributed by atoms with Crippen molar-refractivity contribution < 1.29 is 9.90 Å². The van der Waals surface area contributed by atoms with Crippen LogP contribution in [0.25, 0.3) is 0 Å². The Labute approximate surface area is 125 Å². The average Bonchev–Trinajstić information content (AvgIpc) is 2.38. The molecule has 0 spiro atoms. The van der Waals surface area contributed by atoms with Crippen molar-refractivity contribution in [2.24, 2.45) is 0 Å². The molecule has 0 fully saturated rings. The van der Waals surface area contributed by atoms with Gasteiger partial charge in [0, 0.05) is 11.7 Å². The third-order valence-corrected chi connectivity index (χ3v) is 3.91. The van der Waals surface area contributed by atoms with Crippen molar-refractivity contribution in [3.8, 4) is 0 Å². The molecule has 4 nitrogen and oxygen atoms in total. The zero-order valence-electron chi connectivity index (χ0n) is 12.6. The summed E-state index contributed by atoms with van der Waals surface area (Å²) in [6, 6.07) is 3.54. The van der Waals surface area contributed by atoms with E-state index in [4.69, 9.17) is 5.11 Å². The van der Waals surface area contributed by atoms with Crippen molar-refractivity contribution in [3.63, 3.8) is 0 Å². The molecule has 112 valence electrons. The van der Waals surface area contributed by atoms with Gasteiger partial charge in [-0.05, 0) is 42.9 Å². The Hall–Kier alpha value is -1.23. The zero-order chi connectivity index (χ0) is 15.1. The second kappa shape index (κ2) is 8.15. The van der Waals surface area contributed by atoms with Crippen LogP contribution in [0.5, 0.6) is 0 Å². The van der Waals surface area contributed by atoms with Gasteiger partial charge in [-0.2, -0.15) is 11.8 Å². The smallest absolute Gasteiger partial charge is 0.335 e. The van der Waals surface area contributed by atoms with Crippen molar-refractivity contribution >= 4 is 23.5 Å². The summed E-state index contributed by atoms with van der Waals surface area (Å²) in [7, 11) is 0. The number of nitrogens with zero attached hydrogens (tertiary/aromatic N) is 1. The van der Waals surface area contributed by atoms with Crippen LogP contribution in [0.15, 0.2) is 12.1 Å². The lowest BCUT2D eigenvalue weighted by molar-refractivity contribution is 0.0696. The highest BCUT2D eigenvalue weighted by molar-refractivity contribution is 7.99. The highest BCUT2D eigenvalue weighted by Gasteiger charge is 2.12. The van der Waals surface area contributed by atoms with Gasteiger partial charge >= 0.3 is 5.97 Å². The van der Waals surface area contributed by atoms with Crippen molar-refractivity contribution in [2.75, 3.05) is 16.8 Å². The first kappa shape index (κ1) is 16.8. The SMILES string of the molecule is CCSCCC(C)Nc1cc(C(=O)O)cc(C(C)C)n1. The predicted molar refractivity (Wildman–Crippen MR) is 86.0 cm³/mol. The van der Waals surface area contributed by atoms with E-state index in [2.05, 4.69) is 24.1 Å². The molecule has 0 aliphatic carbocycles. The van der Waals surface area contributed by atoms with Gasteiger partial charge in [-0.1, -0.05) is 20.8 Å². The summed E-state index contributed by atoms with van der Waals surface area (Å²) in [5.74, 6) is 2.17. The van der Waals surface area contributed by atoms with Crippen LogP contribution in [0, 0.1) is 0 Å². The first-order chi connectivity index (χ1) is 9.43. The summed E-state index contributed by atoms with van der Waals surface area (Å²) in [5, 5.41) is 12.5. The van der Waals surface area contributed by atoms with E-state index in [0.29, 0.717) is 11.4 Å². The summed E-state index contributed by atoms with van der Waals surface area (Å²) in [5.41, 5.74) is 1.10. The molecule has 1 aromatic heterocycles. The summed E-state index contributed by atoms with van der Waals surface area (Å²) < 4.78 is 0. The minimum Gasteiger partial charge on any atom is -0.478 e. The van der Waals surface area contributed by atoms with E-state index >= 15 is 0 Å². The van der Waals surface area contributed by atoms with E-state index in [1.165, 1.54) is 0 Å². The van der Waals surface area contributed by atoms with E-state index in [1.807, 2.05) is 25.6 Å². The molecule has 1 aromatic rings. The van der Waals surface area contributed by atoms with E-state index in [9.17, 15) is 4.79 Å². The number of carboxylic acids is 1. The molecule has 1 unspecified atom stereocenters. The van der Waals surface area contributed by atoms with Crippen LogP contribution in [0.4, 0.5) is 5.82 Å². The zero-order valence-corrected chi connectivity index (χ0v) is 13.5. The van der Waals surface area contributed by atoms with E-state index in [0.717, 1.165) is 23.6 Å². The fourth-order valence-corrected chi connectivity index (χ4v) is 2.58. The largest absolute Gasteiger partial charge is 0.478 e. The molecule has 1 heterocycles. The Bertz CT molecular complexity index is 449. The number of pyridine rings is 1. The predicted octanol–water partition coefficient (Wildman–Crippen LogP) is 3.85. The Morgan fingerprint density at radius 3 is 2.65 bits per heavy atom. The molecule has 0 bridgehead atoms. The van der Waals surface area contributed by atoms with E-state index in [-0.39, 0.29) is 12.0 Å². The summed E-state index contributed by atoms with van der Waals surface area (Å²) in [6.07, 6.45) is 1.04. The molecule has 20 heavy (non-hydrogen) atoms. The fraction of sp³-hybridized carbons (Fsp3) is 0.600. The number of thioether (sulfide) groups is 1. The van der Waals surface area contributed by atoms with Crippen LogP contribution in [0.2, 0.25) is 0 Å². The molecular weight excluding hydrogens is 272 g/mol. The Morgan fingerprint density at radius 1 is 1.40 bits per heavy atom. The molecule has 0 aliphatic heterocycles. The van der Waals surface area contributed by atoms with Crippen molar-refractivity contribution in [3.05, 3.63) is 23.4 Å². The number of aromatic nitrogens is 1. The first-order valence-electron chi connectivity index (χ1n) is 7.03. The third kappa shape index (κ3) is 5.41. The number of aromatic carboxylic acids is 1. The van der Waals surface area contributed by atoms with Crippen LogP contribution in [0.3, 0.4) is 0 Å². The maximum Gasteiger partial charge on any atom is 0.335 e. The molecule has 0 aliphatic rings. The van der Waals surface area contributed by atoms with Gasteiger partial charge in [0.05, 0.1) is 5.56 Å². The van der Waals surface area contributed by atoms with Crippen LogP contribution in [-0.4, -0.2) is 33.6 Å². The fourth-order valence-electron chi connectivity index (χ4n) is 1.77. The molecule has 2 N–H and O–H groups in total. The minimum atomic E-state index is -0.911. The minimum absolute atomic E-state index is 0.209. The maximum absolute atomic E-state index is 11.2. The van der Waals surface area contributed by atoms with Crippen LogP contribution in [0.1, 0.15) is 56.1 Å². The molecule has 0 amide bonds. The number of anilines is 1. The lowest BCUT2D eigenvalue weighted by Gasteiger charge is -2.16. The van der Waals surface area contributed by atoms with Crippen LogP contribution < -0.4 is 5.32 Å². The molecule has 0 saturated heterocycles. The highest BCUT2D eigenvalue weighted by atomic mass is 32.2. The van der Waals surface area contributed by atoms with Crippen molar-refractivity contribution in [2.45, 2.75) is 46.1 Å².